The summed E-state index contributed by atoms with van der Waals surface area (Å²) in [4.78, 5) is 12.3. The third-order valence-corrected chi connectivity index (χ3v) is 9.29. The number of unbranched alkanes of at least 4 members (excludes halogenated alkanes) is 26. The quantitative estimate of drug-likeness (QED) is 0.0401. The van der Waals surface area contributed by atoms with Gasteiger partial charge in [0.15, 0.2) is 0 Å². The van der Waals surface area contributed by atoms with E-state index in [0.29, 0.717) is 6.42 Å². The van der Waals surface area contributed by atoms with Crippen LogP contribution < -0.4 is 5.32 Å². The van der Waals surface area contributed by atoms with Crippen LogP contribution in [0.25, 0.3) is 0 Å². The van der Waals surface area contributed by atoms with Gasteiger partial charge in [-0.2, -0.15) is 0 Å². The van der Waals surface area contributed by atoms with E-state index in [2.05, 4.69) is 31.3 Å². The van der Waals surface area contributed by atoms with Gasteiger partial charge in [0, 0.05) is 0 Å². The molecule has 0 bridgehead atoms. The highest BCUT2D eigenvalue weighted by atomic mass is 16.3. The van der Waals surface area contributed by atoms with Crippen molar-refractivity contribution in [2.24, 2.45) is 0 Å². The van der Waals surface area contributed by atoms with Crippen molar-refractivity contribution < 1.29 is 20.1 Å². The van der Waals surface area contributed by atoms with Crippen molar-refractivity contribution in [1.82, 2.24) is 5.32 Å². The molecular formula is C41H79NO4. The summed E-state index contributed by atoms with van der Waals surface area (Å²) < 4.78 is 0. The molecular weight excluding hydrogens is 570 g/mol. The fourth-order valence-corrected chi connectivity index (χ4v) is 6.08. The second-order valence-electron chi connectivity index (χ2n) is 13.8. The number of carbonyl (C=O) groups is 1. The van der Waals surface area contributed by atoms with Crippen molar-refractivity contribution in [3.63, 3.8) is 0 Å². The Balaban J connectivity index is 3.67. The van der Waals surface area contributed by atoms with E-state index in [1.54, 1.807) is 6.08 Å². The molecule has 5 nitrogen and oxygen atoms in total. The van der Waals surface area contributed by atoms with E-state index in [9.17, 15) is 20.1 Å². The molecule has 0 fully saturated rings. The molecule has 0 aromatic rings. The molecule has 0 spiro atoms. The fourth-order valence-electron chi connectivity index (χ4n) is 6.08. The van der Waals surface area contributed by atoms with E-state index in [0.717, 1.165) is 38.5 Å². The normalized spacial score (nSPS) is 13.9. The Kier molecular flexibility index (Phi) is 35.7. The molecule has 0 radical (unpaired) electrons. The van der Waals surface area contributed by atoms with Gasteiger partial charge in [-0.25, -0.2) is 0 Å². The van der Waals surface area contributed by atoms with Crippen LogP contribution in [0.15, 0.2) is 24.3 Å². The summed E-state index contributed by atoms with van der Waals surface area (Å²) >= 11 is 0. The molecule has 0 saturated heterocycles. The highest BCUT2D eigenvalue weighted by Gasteiger charge is 2.22. The van der Waals surface area contributed by atoms with Crippen molar-refractivity contribution in [2.75, 3.05) is 6.61 Å². The zero-order chi connectivity index (χ0) is 33.8. The van der Waals surface area contributed by atoms with Crippen LogP contribution >= 0.6 is 0 Å². The van der Waals surface area contributed by atoms with Crippen molar-refractivity contribution in [3.8, 4) is 0 Å². The highest BCUT2D eigenvalue weighted by Crippen LogP contribution is 2.15. The number of hydrogen-bond donors (Lipinski definition) is 4. The number of aliphatic hydroxyl groups is 3. The molecule has 3 atom stereocenters. The Bertz CT molecular complexity index is 679. The Labute approximate surface area is 286 Å². The lowest BCUT2D eigenvalue weighted by atomic mass is 10.0. The minimum absolute atomic E-state index is 0.374. The smallest absolute Gasteiger partial charge is 0.249 e. The van der Waals surface area contributed by atoms with Crippen LogP contribution in [0, 0.1) is 0 Å². The maximum Gasteiger partial charge on any atom is 0.249 e. The molecule has 272 valence electrons. The molecule has 46 heavy (non-hydrogen) atoms. The molecule has 3 unspecified atom stereocenters. The zero-order valence-corrected chi connectivity index (χ0v) is 30.7. The van der Waals surface area contributed by atoms with Gasteiger partial charge in [-0.05, 0) is 32.1 Å². The molecule has 4 N–H and O–H groups in total. The second-order valence-corrected chi connectivity index (χ2v) is 13.8. The third-order valence-electron chi connectivity index (χ3n) is 9.29. The predicted octanol–water partition coefficient (Wildman–Crippen LogP) is 11.0. The highest BCUT2D eigenvalue weighted by molar-refractivity contribution is 5.80. The van der Waals surface area contributed by atoms with Crippen molar-refractivity contribution in [1.29, 1.82) is 0 Å². The summed E-state index contributed by atoms with van der Waals surface area (Å²) in [5, 5.41) is 32.9. The Morgan fingerprint density at radius 2 is 0.891 bits per heavy atom. The van der Waals surface area contributed by atoms with Crippen LogP contribution in [0.3, 0.4) is 0 Å². The molecule has 5 heteroatoms. The molecule has 0 aliphatic heterocycles. The third kappa shape index (κ3) is 31.4. The topological polar surface area (TPSA) is 89.8 Å². The number of nitrogens with one attached hydrogen (secondary N) is 1. The summed E-state index contributed by atoms with van der Waals surface area (Å²) in [6.45, 7) is 4.14. The maximum atomic E-state index is 12.3. The predicted molar refractivity (Wildman–Crippen MR) is 199 cm³/mol. The lowest BCUT2D eigenvalue weighted by Crippen LogP contribution is -2.48. The van der Waals surface area contributed by atoms with Gasteiger partial charge in [-0.15, -0.1) is 0 Å². The molecule has 0 aromatic carbocycles. The van der Waals surface area contributed by atoms with Crippen molar-refractivity contribution >= 4 is 5.91 Å². The Hall–Kier alpha value is -1.17. The van der Waals surface area contributed by atoms with Gasteiger partial charge in [0.25, 0.3) is 0 Å². The van der Waals surface area contributed by atoms with E-state index < -0.39 is 24.2 Å². The first kappa shape index (κ1) is 44.8. The minimum Gasteiger partial charge on any atom is -0.394 e. The van der Waals surface area contributed by atoms with Gasteiger partial charge < -0.3 is 20.6 Å². The molecule has 0 aliphatic carbocycles. The van der Waals surface area contributed by atoms with Crippen LogP contribution in [0.1, 0.15) is 206 Å². The van der Waals surface area contributed by atoms with Gasteiger partial charge in [0.05, 0.1) is 18.8 Å². The van der Waals surface area contributed by atoms with E-state index >= 15 is 0 Å². The lowest BCUT2D eigenvalue weighted by Gasteiger charge is -2.21. The Morgan fingerprint density at radius 3 is 1.33 bits per heavy atom. The van der Waals surface area contributed by atoms with Crippen LogP contribution in [0.2, 0.25) is 0 Å². The molecule has 0 saturated carbocycles. The van der Waals surface area contributed by atoms with Gasteiger partial charge in [-0.1, -0.05) is 199 Å². The molecule has 0 rings (SSSR count). The first-order valence-electron chi connectivity index (χ1n) is 20.2. The average molecular weight is 650 g/mol. The van der Waals surface area contributed by atoms with E-state index in [1.165, 1.54) is 148 Å². The second kappa shape index (κ2) is 36.7. The van der Waals surface area contributed by atoms with Crippen LogP contribution in [0.4, 0.5) is 0 Å². The zero-order valence-electron chi connectivity index (χ0n) is 30.7. The number of carbonyl (C=O) groups excluding carboxylic acids is 1. The summed E-state index contributed by atoms with van der Waals surface area (Å²) in [5.41, 5.74) is 0. The van der Waals surface area contributed by atoms with Crippen molar-refractivity contribution in [2.45, 2.75) is 225 Å². The van der Waals surface area contributed by atoms with Gasteiger partial charge in [-0.3, -0.25) is 4.79 Å². The van der Waals surface area contributed by atoms with Gasteiger partial charge in [0.2, 0.25) is 5.91 Å². The van der Waals surface area contributed by atoms with Gasteiger partial charge in [0.1, 0.15) is 6.10 Å². The standard InChI is InChI=1S/C41H79NO4/c1-3-5-7-9-11-13-14-15-16-17-18-19-20-21-22-23-24-25-26-28-29-31-33-35-39(44)38(37-43)42-41(46)40(45)36-34-32-30-27-12-10-8-6-4-2/h26,28,33,35,38-40,43-45H,3-25,27,29-32,34,36-37H2,1-2H3,(H,42,46)/b28-26+,35-33+. The van der Waals surface area contributed by atoms with Crippen molar-refractivity contribution in [3.05, 3.63) is 24.3 Å². The Morgan fingerprint density at radius 1 is 0.522 bits per heavy atom. The van der Waals surface area contributed by atoms with E-state index in [1.807, 2.05) is 6.08 Å². The SMILES string of the molecule is CCCCCCCCCCCCCCCCCCC/C=C/CC/C=C/C(O)C(CO)NC(=O)C(O)CCCCCCCCCCC. The van der Waals surface area contributed by atoms with Gasteiger partial charge >= 0.3 is 0 Å². The monoisotopic (exact) mass is 650 g/mol. The first-order chi connectivity index (χ1) is 22.6. The minimum atomic E-state index is -1.10. The summed E-state index contributed by atoms with van der Waals surface area (Å²) in [7, 11) is 0. The molecule has 0 aliphatic rings. The summed E-state index contributed by atoms with van der Waals surface area (Å²) in [6.07, 6.45) is 43.6. The number of aliphatic hydroxyl groups excluding tert-OH is 3. The number of allylic oxidation sites excluding steroid dienone is 3. The lowest BCUT2D eigenvalue weighted by molar-refractivity contribution is -0.131. The fraction of sp³-hybridized carbons (Fsp3) is 0.878. The first-order valence-corrected chi connectivity index (χ1v) is 20.2. The number of rotatable bonds is 36. The largest absolute Gasteiger partial charge is 0.394 e. The molecule has 0 aromatic heterocycles. The molecule has 0 heterocycles. The number of amides is 1. The van der Waals surface area contributed by atoms with Crippen LogP contribution in [-0.4, -0.2) is 46.1 Å². The summed E-state index contributed by atoms with van der Waals surface area (Å²) in [5.74, 6) is -0.515. The summed E-state index contributed by atoms with van der Waals surface area (Å²) in [6, 6.07) is -0.809. The van der Waals surface area contributed by atoms with E-state index in [-0.39, 0.29) is 6.61 Å². The van der Waals surface area contributed by atoms with E-state index in [4.69, 9.17) is 0 Å². The average Bonchev–Trinajstić information content (AvgIpc) is 3.06. The van der Waals surface area contributed by atoms with Crippen LogP contribution in [-0.2, 0) is 4.79 Å². The molecule has 1 amide bonds. The van der Waals surface area contributed by atoms with Crippen LogP contribution in [0.5, 0.6) is 0 Å². The number of hydrogen-bond acceptors (Lipinski definition) is 4. The maximum absolute atomic E-state index is 12.3.